The first-order valence-electron chi connectivity index (χ1n) is 16.7. The van der Waals surface area contributed by atoms with E-state index < -0.39 is 0 Å². The second kappa shape index (κ2) is 15.1. The average Bonchev–Trinajstić information content (AvgIpc) is 3.49. The maximum atomic E-state index is 10.0. The molecule has 6 nitrogen and oxygen atoms in total. The molecule has 234 valence electrons. The third-order valence-electron chi connectivity index (χ3n) is 9.65. The molecule has 2 heterocycles. The van der Waals surface area contributed by atoms with Gasteiger partial charge in [0.15, 0.2) is 5.57 Å². The van der Waals surface area contributed by atoms with Crippen LogP contribution in [-0.2, 0) is 19.6 Å². The summed E-state index contributed by atoms with van der Waals surface area (Å²) in [6.07, 6.45) is 3.95. The van der Waals surface area contributed by atoms with Crippen LogP contribution in [0.25, 0.3) is 10.8 Å². The highest BCUT2D eigenvalue weighted by Gasteiger charge is 2.30. The number of fused-ring (bicyclic) bond motifs is 1. The summed E-state index contributed by atoms with van der Waals surface area (Å²) < 4.78 is 0. The standard InChI is InChI=1S/C40H44N6/c1-32(35-14-4-2-5-15-35)45(30-34-13-10-12-33(26-34)29-43-20-8-3-9-21-43)24-22-44-23-25-46(40(44)38(27-41)28-42)31-37-18-11-17-36-16-6-7-19-39(36)37/h2,4-7,10-19,26,32H,3,8-9,20-25,29-31H2,1H3. The van der Waals surface area contributed by atoms with Crippen molar-refractivity contribution in [2.24, 2.45) is 0 Å². The van der Waals surface area contributed by atoms with Crippen molar-refractivity contribution in [1.82, 2.24) is 19.6 Å². The van der Waals surface area contributed by atoms with Gasteiger partial charge < -0.3 is 9.80 Å². The van der Waals surface area contributed by atoms with Gasteiger partial charge >= 0.3 is 0 Å². The fraction of sp³-hybridized carbons (Fsp3) is 0.350. The predicted molar refractivity (Wildman–Crippen MR) is 185 cm³/mol. The topological polar surface area (TPSA) is 60.5 Å². The molecular formula is C40H44N6. The first-order chi connectivity index (χ1) is 22.6. The van der Waals surface area contributed by atoms with Crippen LogP contribution in [0.5, 0.6) is 0 Å². The molecule has 0 amide bonds. The van der Waals surface area contributed by atoms with Gasteiger partial charge in [-0.25, -0.2) is 0 Å². The number of nitrogens with zero attached hydrogens (tertiary/aromatic N) is 6. The molecule has 2 aliphatic heterocycles. The second-order valence-corrected chi connectivity index (χ2v) is 12.7. The van der Waals surface area contributed by atoms with Gasteiger partial charge in [0.25, 0.3) is 0 Å². The van der Waals surface area contributed by atoms with Gasteiger partial charge in [0, 0.05) is 51.9 Å². The number of hydrogen-bond donors (Lipinski definition) is 0. The Balaban J connectivity index is 1.21. The van der Waals surface area contributed by atoms with Crippen LogP contribution in [0.15, 0.2) is 108 Å². The van der Waals surface area contributed by atoms with Gasteiger partial charge in [-0.05, 0) is 65.9 Å². The molecule has 46 heavy (non-hydrogen) atoms. The maximum Gasteiger partial charge on any atom is 0.169 e. The van der Waals surface area contributed by atoms with E-state index in [0.29, 0.717) is 6.54 Å². The van der Waals surface area contributed by atoms with Gasteiger partial charge in [-0.3, -0.25) is 9.80 Å². The number of likely N-dealkylation sites (tertiary alicyclic amines) is 1. The summed E-state index contributed by atoms with van der Waals surface area (Å²) in [7, 11) is 0. The van der Waals surface area contributed by atoms with Crippen LogP contribution in [0, 0.1) is 22.7 Å². The molecule has 0 N–H and O–H groups in total. The van der Waals surface area contributed by atoms with Crippen molar-refractivity contribution in [2.45, 2.75) is 51.9 Å². The van der Waals surface area contributed by atoms with Crippen LogP contribution < -0.4 is 0 Å². The Morgan fingerprint density at radius 1 is 0.739 bits per heavy atom. The molecule has 6 rings (SSSR count). The average molecular weight is 609 g/mol. The highest BCUT2D eigenvalue weighted by molar-refractivity contribution is 5.85. The third-order valence-corrected chi connectivity index (χ3v) is 9.65. The fourth-order valence-corrected chi connectivity index (χ4v) is 7.14. The van der Waals surface area contributed by atoms with Crippen molar-refractivity contribution in [2.75, 3.05) is 39.3 Å². The molecule has 2 aliphatic rings. The number of nitriles is 2. The van der Waals surface area contributed by atoms with Crippen LogP contribution in [0.2, 0.25) is 0 Å². The molecule has 2 fully saturated rings. The zero-order valence-corrected chi connectivity index (χ0v) is 27.0. The lowest BCUT2D eigenvalue weighted by Crippen LogP contribution is -2.36. The molecule has 4 aromatic carbocycles. The fourth-order valence-electron chi connectivity index (χ4n) is 7.14. The van der Waals surface area contributed by atoms with E-state index in [1.165, 1.54) is 65.4 Å². The zero-order chi connectivity index (χ0) is 31.7. The van der Waals surface area contributed by atoms with Gasteiger partial charge in [0.2, 0.25) is 0 Å². The normalized spacial score (nSPS) is 16.0. The predicted octanol–water partition coefficient (Wildman–Crippen LogP) is 7.47. The highest BCUT2D eigenvalue weighted by Crippen LogP contribution is 2.29. The summed E-state index contributed by atoms with van der Waals surface area (Å²) in [5, 5.41) is 22.4. The molecule has 0 bridgehead atoms. The lowest BCUT2D eigenvalue weighted by molar-refractivity contribution is 0.177. The molecule has 1 atom stereocenters. The van der Waals surface area contributed by atoms with E-state index in [0.717, 1.165) is 45.1 Å². The van der Waals surface area contributed by atoms with Crippen LogP contribution in [0.4, 0.5) is 0 Å². The highest BCUT2D eigenvalue weighted by atomic mass is 15.4. The lowest BCUT2D eigenvalue weighted by Gasteiger charge is -2.33. The number of benzene rings is 4. The molecule has 0 aliphatic carbocycles. The molecule has 0 spiro atoms. The van der Waals surface area contributed by atoms with Gasteiger partial charge in [-0.15, -0.1) is 0 Å². The summed E-state index contributed by atoms with van der Waals surface area (Å²) in [5.74, 6) is 0.758. The molecule has 0 aromatic heterocycles. The Kier molecular flexibility index (Phi) is 10.3. The van der Waals surface area contributed by atoms with Crippen molar-refractivity contribution >= 4 is 10.8 Å². The molecular weight excluding hydrogens is 564 g/mol. The molecule has 2 saturated heterocycles. The summed E-state index contributed by atoms with van der Waals surface area (Å²) in [4.78, 5) is 9.60. The Labute approximate surface area is 274 Å². The summed E-state index contributed by atoms with van der Waals surface area (Å²) in [5.41, 5.74) is 5.38. The van der Waals surface area contributed by atoms with Crippen LogP contribution in [0.3, 0.4) is 0 Å². The van der Waals surface area contributed by atoms with E-state index in [4.69, 9.17) is 0 Å². The summed E-state index contributed by atoms with van der Waals surface area (Å²) in [6, 6.07) is 39.3. The van der Waals surface area contributed by atoms with E-state index in [1.807, 2.05) is 0 Å². The van der Waals surface area contributed by atoms with E-state index in [2.05, 4.69) is 136 Å². The van der Waals surface area contributed by atoms with E-state index >= 15 is 0 Å². The summed E-state index contributed by atoms with van der Waals surface area (Å²) >= 11 is 0. The zero-order valence-electron chi connectivity index (χ0n) is 27.0. The number of piperidine rings is 1. The van der Waals surface area contributed by atoms with Crippen LogP contribution >= 0.6 is 0 Å². The Morgan fingerprint density at radius 2 is 1.43 bits per heavy atom. The van der Waals surface area contributed by atoms with E-state index in [9.17, 15) is 10.5 Å². The molecule has 0 saturated carbocycles. The second-order valence-electron chi connectivity index (χ2n) is 12.7. The SMILES string of the molecule is CC(c1ccccc1)N(CCN1CCN(Cc2cccc3ccccc23)C1=C(C#N)C#N)Cc1cccc(CN2CCCCC2)c1. The molecule has 4 aromatic rings. The smallest absolute Gasteiger partial charge is 0.169 e. The van der Waals surface area contributed by atoms with E-state index in [-0.39, 0.29) is 11.6 Å². The minimum absolute atomic E-state index is 0.186. The van der Waals surface area contributed by atoms with E-state index in [1.54, 1.807) is 0 Å². The third kappa shape index (κ3) is 7.43. The van der Waals surface area contributed by atoms with Crippen molar-refractivity contribution in [3.05, 3.63) is 131 Å². The quantitative estimate of drug-likeness (QED) is 0.165. The molecule has 0 radical (unpaired) electrons. The molecule has 1 unspecified atom stereocenters. The van der Waals surface area contributed by atoms with Gasteiger partial charge in [0.1, 0.15) is 18.0 Å². The summed E-state index contributed by atoms with van der Waals surface area (Å²) in [6.45, 7) is 10.3. The van der Waals surface area contributed by atoms with Crippen molar-refractivity contribution < 1.29 is 0 Å². The van der Waals surface area contributed by atoms with Crippen LogP contribution in [0.1, 0.15) is 54.5 Å². The van der Waals surface area contributed by atoms with Crippen molar-refractivity contribution in [1.29, 1.82) is 10.5 Å². The van der Waals surface area contributed by atoms with Gasteiger partial charge in [0.05, 0.1) is 0 Å². The Bertz CT molecular complexity index is 1700. The Hall–Kier alpha value is -4.62. The lowest BCUT2D eigenvalue weighted by atomic mass is 10.0. The maximum absolute atomic E-state index is 10.0. The number of hydrogen-bond acceptors (Lipinski definition) is 6. The first kappa shape index (κ1) is 31.4. The largest absolute Gasteiger partial charge is 0.354 e. The van der Waals surface area contributed by atoms with Crippen LogP contribution in [-0.4, -0.2) is 58.9 Å². The monoisotopic (exact) mass is 608 g/mol. The molecule has 6 heteroatoms. The Morgan fingerprint density at radius 3 is 2.24 bits per heavy atom. The van der Waals surface area contributed by atoms with Crippen molar-refractivity contribution in [3.8, 4) is 12.1 Å². The van der Waals surface area contributed by atoms with Gasteiger partial charge in [-0.2, -0.15) is 10.5 Å². The van der Waals surface area contributed by atoms with Crippen molar-refractivity contribution in [3.63, 3.8) is 0 Å². The minimum atomic E-state index is 0.186. The number of allylic oxidation sites excluding steroid dienone is 1. The van der Waals surface area contributed by atoms with Gasteiger partial charge in [-0.1, -0.05) is 103 Å². The number of rotatable bonds is 11. The minimum Gasteiger partial charge on any atom is -0.354 e. The first-order valence-corrected chi connectivity index (χ1v) is 16.7.